The van der Waals surface area contributed by atoms with Gasteiger partial charge >= 0.3 is 0 Å². The minimum Gasteiger partial charge on any atom is -0.322 e. The van der Waals surface area contributed by atoms with Gasteiger partial charge in [-0.05, 0) is 48.7 Å². The minimum absolute atomic E-state index is 0.0780. The lowest BCUT2D eigenvalue weighted by atomic mass is 10.0. The number of rotatable bonds is 5. The number of aromatic nitrogens is 1. The highest BCUT2D eigenvalue weighted by Crippen LogP contribution is 2.19. The van der Waals surface area contributed by atoms with E-state index in [-0.39, 0.29) is 17.9 Å². The highest BCUT2D eigenvalue weighted by atomic mass is 35.5. The van der Waals surface area contributed by atoms with E-state index in [0.29, 0.717) is 16.1 Å². The fourth-order valence-corrected chi connectivity index (χ4v) is 4.33. The zero-order chi connectivity index (χ0) is 18.9. The molecule has 26 heavy (non-hydrogen) atoms. The Morgan fingerprint density at radius 1 is 1.08 bits per heavy atom. The Morgan fingerprint density at radius 3 is 2.54 bits per heavy atom. The molecule has 0 bridgehead atoms. The van der Waals surface area contributed by atoms with Crippen LogP contribution in [0.15, 0.2) is 47.3 Å². The molecule has 0 saturated carbocycles. The van der Waals surface area contributed by atoms with Gasteiger partial charge in [0.15, 0.2) is 0 Å². The Balaban J connectivity index is 1.84. The van der Waals surface area contributed by atoms with Gasteiger partial charge in [0, 0.05) is 28.0 Å². The average molecular weight is 391 g/mol. The van der Waals surface area contributed by atoms with E-state index >= 15 is 0 Å². The number of hydrogen-bond donors (Lipinski definition) is 2. The summed E-state index contributed by atoms with van der Waals surface area (Å²) in [5.74, 6) is -0.240. The highest BCUT2D eigenvalue weighted by Gasteiger charge is 2.15. The number of halogens is 1. The first-order chi connectivity index (χ1) is 12.2. The van der Waals surface area contributed by atoms with E-state index in [0.717, 1.165) is 22.0 Å². The summed E-state index contributed by atoms with van der Waals surface area (Å²) in [6.45, 7) is 3.84. The number of aryl methyl sites for hydroxylation is 2. The normalized spacial score (nSPS) is 11.8. The predicted octanol–water partition coefficient (Wildman–Crippen LogP) is 3.42. The van der Waals surface area contributed by atoms with Gasteiger partial charge in [0.25, 0.3) is 5.56 Å². The second-order valence-electron chi connectivity index (χ2n) is 6.34. The molecule has 0 amide bonds. The zero-order valence-corrected chi connectivity index (χ0v) is 16.0. The van der Waals surface area contributed by atoms with Crippen LogP contribution < -0.4 is 10.3 Å². The average Bonchev–Trinajstić information content (AvgIpc) is 2.55. The van der Waals surface area contributed by atoms with Gasteiger partial charge in [0.1, 0.15) is 0 Å². The summed E-state index contributed by atoms with van der Waals surface area (Å²) in [5, 5.41) is 1.29. The fourth-order valence-electron chi connectivity index (χ4n) is 2.91. The molecule has 0 fully saturated rings. The molecule has 3 aromatic rings. The number of fused-ring (bicyclic) bond motifs is 1. The van der Waals surface area contributed by atoms with Gasteiger partial charge in [-0.15, -0.1) is 0 Å². The number of nitrogens with one attached hydrogen (secondary N) is 2. The van der Waals surface area contributed by atoms with Gasteiger partial charge in [-0.3, -0.25) is 4.79 Å². The zero-order valence-electron chi connectivity index (χ0n) is 14.5. The third kappa shape index (κ3) is 4.15. The lowest BCUT2D eigenvalue weighted by molar-refractivity contribution is 0.580. The van der Waals surface area contributed by atoms with Crippen LogP contribution in [0.2, 0.25) is 5.02 Å². The number of pyridine rings is 1. The maximum absolute atomic E-state index is 12.3. The van der Waals surface area contributed by atoms with Crippen molar-refractivity contribution in [2.45, 2.75) is 26.1 Å². The van der Waals surface area contributed by atoms with Crippen LogP contribution >= 0.6 is 11.6 Å². The molecule has 2 N–H and O–H groups in total. The van der Waals surface area contributed by atoms with Crippen molar-refractivity contribution < 1.29 is 8.42 Å². The van der Waals surface area contributed by atoms with Gasteiger partial charge in [-0.2, -0.15) is 0 Å². The van der Waals surface area contributed by atoms with Crippen LogP contribution in [0.3, 0.4) is 0 Å². The first-order valence-electron chi connectivity index (χ1n) is 8.09. The summed E-state index contributed by atoms with van der Waals surface area (Å²) >= 11 is 6.02. The van der Waals surface area contributed by atoms with Crippen molar-refractivity contribution in [3.05, 3.63) is 80.1 Å². The van der Waals surface area contributed by atoms with Crippen molar-refractivity contribution in [3.8, 4) is 0 Å². The molecule has 0 radical (unpaired) electrons. The van der Waals surface area contributed by atoms with E-state index in [1.807, 2.05) is 26.0 Å². The third-order valence-electron chi connectivity index (χ3n) is 4.18. The lowest BCUT2D eigenvalue weighted by Crippen LogP contribution is -2.28. The summed E-state index contributed by atoms with van der Waals surface area (Å²) in [7, 11) is -3.63. The number of aromatic amines is 1. The van der Waals surface area contributed by atoms with E-state index in [1.165, 1.54) is 0 Å². The summed E-state index contributed by atoms with van der Waals surface area (Å²) in [6, 6.07) is 12.4. The van der Waals surface area contributed by atoms with E-state index in [4.69, 9.17) is 11.6 Å². The van der Waals surface area contributed by atoms with Gasteiger partial charge in [-0.25, -0.2) is 13.1 Å². The van der Waals surface area contributed by atoms with Crippen molar-refractivity contribution in [2.24, 2.45) is 0 Å². The molecule has 0 atom stereocenters. The van der Waals surface area contributed by atoms with Crippen LogP contribution in [0.4, 0.5) is 0 Å². The van der Waals surface area contributed by atoms with Crippen LogP contribution in [0.5, 0.6) is 0 Å². The molecule has 3 rings (SSSR count). The minimum atomic E-state index is -3.63. The Labute approximate surface area is 157 Å². The second-order valence-corrected chi connectivity index (χ2v) is 8.55. The SMILES string of the molecule is Cc1cc(C)c2cc(CNS(=O)(=O)Cc3ccccc3Cl)c(=O)[nH]c2c1. The number of benzene rings is 2. The Hall–Kier alpha value is -2.15. The van der Waals surface area contributed by atoms with Crippen LogP contribution in [-0.2, 0) is 22.3 Å². The molecule has 2 aromatic carbocycles. The molecule has 0 aliphatic heterocycles. The summed E-state index contributed by atoms with van der Waals surface area (Å²) in [5.41, 5.74) is 3.40. The fraction of sp³-hybridized carbons (Fsp3) is 0.211. The van der Waals surface area contributed by atoms with Crippen molar-refractivity contribution in [3.63, 3.8) is 0 Å². The molecule has 0 unspecified atom stereocenters. The molecule has 7 heteroatoms. The standard InChI is InChI=1S/C19H19ClN2O3S/c1-12-7-13(2)16-9-15(19(23)22-18(16)8-12)10-21-26(24,25)11-14-5-3-4-6-17(14)20/h3-9,21H,10-11H2,1-2H3,(H,22,23). The van der Waals surface area contributed by atoms with Crippen LogP contribution in [-0.4, -0.2) is 13.4 Å². The van der Waals surface area contributed by atoms with Crippen molar-refractivity contribution >= 4 is 32.5 Å². The quantitative estimate of drug-likeness (QED) is 0.700. The van der Waals surface area contributed by atoms with E-state index < -0.39 is 10.0 Å². The van der Waals surface area contributed by atoms with Crippen LogP contribution in [0, 0.1) is 13.8 Å². The molecule has 0 aliphatic carbocycles. The lowest BCUT2D eigenvalue weighted by Gasteiger charge is -2.10. The van der Waals surface area contributed by atoms with Crippen molar-refractivity contribution in [1.82, 2.24) is 9.71 Å². The molecular weight excluding hydrogens is 372 g/mol. The topological polar surface area (TPSA) is 79.0 Å². The number of sulfonamides is 1. The first-order valence-corrected chi connectivity index (χ1v) is 10.1. The van der Waals surface area contributed by atoms with Gasteiger partial charge in [-0.1, -0.05) is 35.9 Å². The van der Waals surface area contributed by atoms with Crippen molar-refractivity contribution in [1.29, 1.82) is 0 Å². The van der Waals surface area contributed by atoms with Crippen molar-refractivity contribution in [2.75, 3.05) is 0 Å². The number of H-pyrrole nitrogens is 1. The molecule has 0 aliphatic rings. The highest BCUT2D eigenvalue weighted by molar-refractivity contribution is 7.88. The molecule has 0 spiro atoms. The summed E-state index contributed by atoms with van der Waals surface area (Å²) in [6.07, 6.45) is 0. The van der Waals surface area contributed by atoms with E-state index in [9.17, 15) is 13.2 Å². The van der Waals surface area contributed by atoms with Gasteiger partial charge in [0.2, 0.25) is 10.0 Å². The smallest absolute Gasteiger partial charge is 0.252 e. The predicted molar refractivity (Wildman–Crippen MR) is 105 cm³/mol. The molecule has 136 valence electrons. The Bertz CT molecular complexity index is 1140. The summed E-state index contributed by atoms with van der Waals surface area (Å²) < 4.78 is 27.1. The maximum atomic E-state index is 12.3. The summed E-state index contributed by atoms with van der Waals surface area (Å²) in [4.78, 5) is 15.1. The monoisotopic (exact) mass is 390 g/mol. The maximum Gasteiger partial charge on any atom is 0.252 e. The Morgan fingerprint density at radius 2 is 1.81 bits per heavy atom. The molecule has 5 nitrogen and oxygen atoms in total. The number of hydrogen-bond acceptors (Lipinski definition) is 3. The third-order valence-corrected chi connectivity index (χ3v) is 5.82. The van der Waals surface area contributed by atoms with Gasteiger partial charge in [0.05, 0.1) is 5.75 Å². The largest absolute Gasteiger partial charge is 0.322 e. The van der Waals surface area contributed by atoms with Gasteiger partial charge < -0.3 is 4.98 Å². The van der Waals surface area contributed by atoms with E-state index in [2.05, 4.69) is 9.71 Å². The first kappa shape index (κ1) is 18.6. The molecule has 0 saturated heterocycles. The van der Waals surface area contributed by atoms with Crippen LogP contribution in [0.1, 0.15) is 22.3 Å². The Kier molecular flexibility index (Phi) is 5.18. The molecule has 1 heterocycles. The second kappa shape index (κ2) is 7.23. The van der Waals surface area contributed by atoms with E-state index in [1.54, 1.807) is 30.3 Å². The molecule has 1 aromatic heterocycles. The van der Waals surface area contributed by atoms with Crippen LogP contribution in [0.25, 0.3) is 10.9 Å². The molecular formula is C19H19ClN2O3S.